The number of nitrogens with one attached hydrogen (secondary N) is 1. The van der Waals surface area contributed by atoms with E-state index < -0.39 is 9.85 Å². The highest BCUT2D eigenvalue weighted by molar-refractivity contribution is 7.11. The molecule has 0 amide bonds. The minimum Gasteiger partial charge on any atom is -0.375 e. The first-order valence-corrected chi connectivity index (χ1v) is 6.37. The quantitative estimate of drug-likeness (QED) is 0.670. The van der Waals surface area contributed by atoms with Gasteiger partial charge in [-0.15, -0.1) is 11.3 Å². The molecule has 2 aromatic rings. The highest BCUT2D eigenvalue weighted by Crippen LogP contribution is 2.29. The van der Waals surface area contributed by atoms with Gasteiger partial charge >= 0.3 is 0 Å². The third kappa shape index (κ3) is 3.06. The maximum atomic E-state index is 10.9. The molecule has 2 rings (SSSR count). The van der Waals surface area contributed by atoms with Gasteiger partial charge in [-0.2, -0.15) is 0 Å². The molecule has 0 aliphatic heterocycles. The summed E-state index contributed by atoms with van der Waals surface area (Å²) in [6.07, 6.45) is 1.68. The molecule has 8 nitrogen and oxygen atoms in total. The van der Waals surface area contributed by atoms with Gasteiger partial charge in [0, 0.05) is 17.1 Å². The number of hydrogen-bond donors (Lipinski definition) is 1. The molecule has 1 aromatic carbocycles. The highest BCUT2D eigenvalue weighted by Gasteiger charge is 2.19. The van der Waals surface area contributed by atoms with Crippen molar-refractivity contribution < 1.29 is 9.85 Å². The second-order valence-electron chi connectivity index (χ2n) is 3.91. The lowest BCUT2D eigenvalue weighted by atomic mass is 10.2. The SMILES string of the molecule is Cc1ncc(CNc2ccc([N+](=O)[O-])cc2[N+](=O)[O-])s1. The summed E-state index contributed by atoms with van der Waals surface area (Å²) in [6, 6.07) is 3.51. The van der Waals surface area contributed by atoms with E-state index in [1.54, 1.807) is 6.20 Å². The molecule has 0 saturated heterocycles. The number of benzene rings is 1. The van der Waals surface area contributed by atoms with Gasteiger partial charge in [-0.05, 0) is 13.0 Å². The lowest BCUT2D eigenvalue weighted by Crippen LogP contribution is -2.02. The Bertz CT molecular complexity index is 670. The second kappa shape index (κ2) is 5.61. The Morgan fingerprint density at radius 2 is 2.05 bits per heavy atom. The first kappa shape index (κ1) is 13.9. The normalized spacial score (nSPS) is 10.2. The summed E-state index contributed by atoms with van der Waals surface area (Å²) in [6.45, 7) is 2.24. The molecule has 0 saturated carbocycles. The van der Waals surface area contributed by atoms with Crippen molar-refractivity contribution in [3.05, 3.63) is 54.5 Å². The summed E-state index contributed by atoms with van der Waals surface area (Å²) < 4.78 is 0. The molecular formula is C11H10N4O4S. The number of nitrogens with zero attached hydrogens (tertiary/aromatic N) is 3. The third-order valence-corrected chi connectivity index (χ3v) is 3.42. The lowest BCUT2D eigenvalue weighted by Gasteiger charge is -2.05. The van der Waals surface area contributed by atoms with Crippen LogP contribution in [-0.4, -0.2) is 14.8 Å². The molecule has 0 radical (unpaired) electrons. The van der Waals surface area contributed by atoms with E-state index in [4.69, 9.17) is 0 Å². The van der Waals surface area contributed by atoms with Crippen LogP contribution in [0, 0.1) is 27.2 Å². The largest absolute Gasteiger partial charge is 0.375 e. The van der Waals surface area contributed by atoms with Gasteiger partial charge in [0.25, 0.3) is 11.4 Å². The number of non-ortho nitro benzene ring substituents is 1. The Morgan fingerprint density at radius 1 is 1.30 bits per heavy atom. The molecule has 20 heavy (non-hydrogen) atoms. The van der Waals surface area contributed by atoms with Crippen LogP contribution in [0.4, 0.5) is 17.1 Å². The van der Waals surface area contributed by atoms with Gasteiger partial charge in [0.2, 0.25) is 0 Å². The Hall–Kier alpha value is -2.55. The van der Waals surface area contributed by atoms with E-state index in [-0.39, 0.29) is 17.1 Å². The fourth-order valence-electron chi connectivity index (χ4n) is 1.60. The maximum absolute atomic E-state index is 10.9. The van der Waals surface area contributed by atoms with Crippen LogP contribution < -0.4 is 5.32 Å². The molecule has 1 heterocycles. The monoisotopic (exact) mass is 294 g/mol. The minimum absolute atomic E-state index is 0.242. The summed E-state index contributed by atoms with van der Waals surface area (Å²) >= 11 is 1.48. The van der Waals surface area contributed by atoms with Crippen LogP contribution in [0.2, 0.25) is 0 Å². The summed E-state index contributed by atoms with van der Waals surface area (Å²) in [5.74, 6) is 0. The molecule has 0 bridgehead atoms. The molecule has 1 aromatic heterocycles. The van der Waals surface area contributed by atoms with Crippen LogP contribution in [-0.2, 0) is 6.54 Å². The minimum atomic E-state index is -0.663. The Balaban J connectivity index is 2.22. The number of thiazole rings is 1. The summed E-state index contributed by atoms with van der Waals surface area (Å²) in [5, 5.41) is 25.4. The van der Waals surface area contributed by atoms with Crippen molar-refractivity contribution in [2.75, 3.05) is 5.32 Å². The standard InChI is InChI=1S/C11H10N4O4S/c1-7-12-5-9(20-7)6-13-10-3-2-8(14(16)17)4-11(10)15(18)19/h2-5,13H,6H2,1H3. The van der Waals surface area contributed by atoms with Crippen LogP contribution in [0.25, 0.3) is 0 Å². The van der Waals surface area contributed by atoms with Crippen molar-refractivity contribution >= 4 is 28.4 Å². The first-order chi connectivity index (χ1) is 9.47. The van der Waals surface area contributed by atoms with Crippen LogP contribution >= 0.6 is 11.3 Å². The van der Waals surface area contributed by atoms with E-state index in [1.165, 1.54) is 23.5 Å². The van der Waals surface area contributed by atoms with Gasteiger partial charge in [-0.3, -0.25) is 20.2 Å². The van der Waals surface area contributed by atoms with Crippen LogP contribution in [0.15, 0.2) is 24.4 Å². The average Bonchev–Trinajstić information content (AvgIpc) is 2.81. The molecule has 0 unspecified atom stereocenters. The molecule has 0 fully saturated rings. The van der Waals surface area contributed by atoms with Crippen molar-refractivity contribution in [3.63, 3.8) is 0 Å². The average molecular weight is 294 g/mol. The smallest absolute Gasteiger partial charge is 0.299 e. The van der Waals surface area contributed by atoms with Gasteiger partial charge in [0.1, 0.15) is 5.69 Å². The predicted molar refractivity (Wildman–Crippen MR) is 73.9 cm³/mol. The fourth-order valence-corrected chi connectivity index (χ4v) is 2.34. The zero-order chi connectivity index (χ0) is 14.7. The Morgan fingerprint density at radius 3 is 2.60 bits per heavy atom. The number of nitro benzene ring substituents is 2. The van der Waals surface area contributed by atoms with E-state index in [0.29, 0.717) is 6.54 Å². The molecule has 0 spiro atoms. The molecule has 0 aliphatic carbocycles. The molecule has 0 aliphatic rings. The van der Waals surface area contributed by atoms with E-state index in [1.807, 2.05) is 6.92 Å². The first-order valence-electron chi connectivity index (χ1n) is 5.55. The summed E-state index contributed by atoms with van der Waals surface area (Å²) in [4.78, 5) is 25.3. The summed E-state index contributed by atoms with van der Waals surface area (Å²) in [5.41, 5.74) is -0.386. The van der Waals surface area contributed by atoms with E-state index in [0.717, 1.165) is 16.0 Å². The number of nitro groups is 2. The van der Waals surface area contributed by atoms with Crippen LogP contribution in [0.3, 0.4) is 0 Å². The van der Waals surface area contributed by atoms with Gasteiger partial charge in [-0.25, -0.2) is 4.98 Å². The summed E-state index contributed by atoms with van der Waals surface area (Å²) in [7, 11) is 0. The van der Waals surface area contributed by atoms with E-state index in [2.05, 4.69) is 10.3 Å². The number of anilines is 1. The second-order valence-corrected chi connectivity index (χ2v) is 5.23. The number of rotatable bonds is 5. The molecule has 1 N–H and O–H groups in total. The predicted octanol–water partition coefficient (Wildman–Crippen LogP) is 2.88. The lowest BCUT2D eigenvalue weighted by molar-refractivity contribution is -0.393. The number of aromatic nitrogens is 1. The number of hydrogen-bond acceptors (Lipinski definition) is 7. The third-order valence-electron chi connectivity index (χ3n) is 2.51. The topological polar surface area (TPSA) is 111 Å². The van der Waals surface area contributed by atoms with Crippen molar-refractivity contribution in [3.8, 4) is 0 Å². The molecule has 9 heteroatoms. The van der Waals surface area contributed by atoms with Crippen molar-refractivity contribution in [2.45, 2.75) is 13.5 Å². The Labute approximate surface area is 117 Å². The van der Waals surface area contributed by atoms with Crippen molar-refractivity contribution in [1.29, 1.82) is 0 Å². The van der Waals surface area contributed by atoms with Gasteiger partial charge in [0.05, 0.1) is 27.5 Å². The number of aryl methyl sites for hydroxylation is 1. The van der Waals surface area contributed by atoms with Crippen LogP contribution in [0.5, 0.6) is 0 Å². The molecular weight excluding hydrogens is 284 g/mol. The zero-order valence-corrected chi connectivity index (χ0v) is 11.2. The van der Waals surface area contributed by atoms with Crippen molar-refractivity contribution in [2.24, 2.45) is 0 Å². The Kier molecular flexibility index (Phi) is 3.89. The van der Waals surface area contributed by atoms with E-state index >= 15 is 0 Å². The molecule has 104 valence electrons. The highest BCUT2D eigenvalue weighted by atomic mass is 32.1. The van der Waals surface area contributed by atoms with Gasteiger partial charge in [0.15, 0.2) is 0 Å². The van der Waals surface area contributed by atoms with Crippen molar-refractivity contribution in [1.82, 2.24) is 4.98 Å². The van der Waals surface area contributed by atoms with Gasteiger partial charge in [-0.1, -0.05) is 0 Å². The maximum Gasteiger partial charge on any atom is 0.299 e. The van der Waals surface area contributed by atoms with E-state index in [9.17, 15) is 20.2 Å². The molecule has 0 atom stereocenters. The van der Waals surface area contributed by atoms with Gasteiger partial charge < -0.3 is 5.32 Å². The fraction of sp³-hybridized carbons (Fsp3) is 0.182. The van der Waals surface area contributed by atoms with Crippen LogP contribution in [0.1, 0.15) is 9.88 Å². The zero-order valence-electron chi connectivity index (χ0n) is 10.4.